The average Bonchev–Trinajstić information content (AvgIpc) is 2.66. The molecule has 6 nitrogen and oxygen atoms in total. The van der Waals surface area contributed by atoms with E-state index in [4.69, 9.17) is 0 Å². The first kappa shape index (κ1) is 19.0. The van der Waals surface area contributed by atoms with Crippen molar-refractivity contribution in [3.8, 4) is 0 Å². The Bertz CT molecular complexity index is 816. The van der Waals surface area contributed by atoms with Gasteiger partial charge in [0.1, 0.15) is 0 Å². The van der Waals surface area contributed by atoms with Crippen LogP contribution in [0.2, 0.25) is 0 Å². The van der Waals surface area contributed by atoms with Crippen LogP contribution in [0.5, 0.6) is 0 Å². The highest BCUT2D eigenvalue weighted by molar-refractivity contribution is 5.91. The van der Waals surface area contributed by atoms with Gasteiger partial charge in [0.05, 0.1) is 0 Å². The van der Waals surface area contributed by atoms with E-state index >= 15 is 0 Å². The maximum atomic E-state index is 12.5. The third-order valence-electron chi connectivity index (χ3n) is 4.95. The molecule has 0 aliphatic carbocycles. The van der Waals surface area contributed by atoms with Crippen molar-refractivity contribution in [1.82, 2.24) is 19.8 Å². The quantitative estimate of drug-likeness (QED) is 0.760. The Morgan fingerprint density at radius 2 is 1.85 bits per heavy atom. The van der Waals surface area contributed by atoms with Crippen molar-refractivity contribution in [2.45, 2.75) is 19.0 Å². The monoisotopic (exact) mass is 365 g/mol. The van der Waals surface area contributed by atoms with Gasteiger partial charge in [0.2, 0.25) is 11.9 Å². The van der Waals surface area contributed by atoms with E-state index in [0.29, 0.717) is 18.5 Å². The van der Waals surface area contributed by atoms with Crippen molar-refractivity contribution >= 4 is 17.9 Å². The van der Waals surface area contributed by atoms with Crippen LogP contribution in [0.15, 0.2) is 42.7 Å². The number of rotatable bonds is 5. The summed E-state index contributed by atoms with van der Waals surface area (Å²) in [5.74, 6) is 0.634. The molecule has 0 fully saturated rings. The SMILES string of the molecule is CN(CC1Cc2ccccc2CN1C)C(=O)/C=C/c1cnc(N(C)C)nc1. The minimum atomic E-state index is -0.0149. The molecule has 2 aromatic rings. The van der Waals surface area contributed by atoms with Gasteiger partial charge in [0, 0.05) is 64.3 Å². The fourth-order valence-electron chi connectivity index (χ4n) is 3.27. The van der Waals surface area contributed by atoms with Gasteiger partial charge in [-0.15, -0.1) is 0 Å². The molecule has 2 heterocycles. The number of aromatic nitrogens is 2. The maximum Gasteiger partial charge on any atom is 0.246 e. The zero-order chi connectivity index (χ0) is 19.4. The van der Waals surface area contributed by atoms with E-state index in [0.717, 1.165) is 18.5 Å². The number of amides is 1. The van der Waals surface area contributed by atoms with Gasteiger partial charge in [-0.2, -0.15) is 0 Å². The van der Waals surface area contributed by atoms with Gasteiger partial charge >= 0.3 is 0 Å². The van der Waals surface area contributed by atoms with Crippen LogP contribution >= 0.6 is 0 Å². The lowest BCUT2D eigenvalue weighted by Crippen LogP contribution is -2.45. The van der Waals surface area contributed by atoms with Crippen LogP contribution in [0, 0.1) is 0 Å². The van der Waals surface area contributed by atoms with Crippen molar-refractivity contribution in [3.05, 3.63) is 59.4 Å². The van der Waals surface area contributed by atoms with E-state index in [1.165, 1.54) is 11.1 Å². The van der Waals surface area contributed by atoms with Crippen LogP contribution < -0.4 is 4.90 Å². The maximum absolute atomic E-state index is 12.5. The molecule has 3 rings (SSSR count). The summed E-state index contributed by atoms with van der Waals surface area (Å²) in [5.41, 5.74) is 3.58. The molecular weight excluding hydrogens is 338 g/mol. The highest BCUT2D eigenvalue weighted by Gasteiger charge is 2.24. The fraction of sp³-hybridized carbons (Fsp3) is 0.381. The number of hydrogen-bond donors (Lipinski definition) is 0. The first-order chi connectivity index (χ1) is 12.9. The summed E-state index contributed by atoms with van der Waals surface area (Å²) >= 11 is 0. The fourth-order valence-corrected chi connectivity index (χ4v) is 3.27. The summed E-state index contributed by atoms with van der Waals surface area (Å²) in [5, 5.41) is 0. The highest BCUT2D eigenvalue weighted by Crippen LogP contribution is 2.22. The second kappa shape index (κ2) is 8.31. The first-order valence-electron chi connectivity index (χ1n) is 9.13. The van der Waals surface area contributed by atoms with E-state index in [9.17, 15) is 4.79 Å². The molecule has 0 saturated heterocycles. The van der Waals surface area contributed by atoms with Gasteiger partial charge in [-0.05, 0) is 30.7 Å². The van der Waals surface area contributed by atoms with E-state index in [-0.39, 0.29) is 5.91 Å². The zero-order valence-corrected chi connectivity index (χ0v) is 16.5. The number of carbonyl (C=O) groups is 1. The smallest absolute Gasteiger partial charge is 0.246 e. The third kappa shape index (κ3) is 4.71. The van der Waals surface area contributed by atoms with Gasteiger partial charge in [0.15, 0.2) is 0 Å². The molecule has 0 N–H and O–H groups in total. The molecule has 142 valence electrons. The van der Waals surface area contributed by atoms with Gasteiger partial charge in [-0.1, -0.05) is 24.3 Å². The number of benzene rings is 1. The standard InChI is InChI=1S/C21H27N5O/c1-24(2)21-22-12-16(13-23-21)9-10-20(27)26(4)15-19-11-17-7-5-6-8-18(17)14-25(19)3/h5-10,12-13,19H,11,14-15H2,1-4H3/b10-9+. The lowest BCUT2D eigenvalue weighted by atomic mass is 9.94. The third-order valence-corrected chi connectivity index (χ3v) is 4.95. The Morgan fingerprint density at radius 1 is 1.19 bits per heavy atom. The number of likely N-dealkylation sites (N-methyl/N-ethyl adjacent to an activating group) is 2. The molecule has 27 heavy (non-hydrogen) atoms. The van der Waals surface area contributed by atoms with E-state index in [2.05, 4.69) is 46.2 Å². The van der Waals surface area contributed by atoms with Gasteiger partial charge in [-0.3, -0.25) is 9.69 Å². The van der Waals surface area contributed by atoms with Crippen molar-refractivity contribution in [1.29, 1.82) is 0 Å². The number of nitrogens with zero attached hydrogens (tertiary/aromatic N) is 5. The molecule has 0 saturated carbocycles. The molecule has 1 atom stereocenters. The Kier molecular flexibility index (Phi) is 5.86. The van der Waals surface area contributed by atoms with Crippen LogP contribution in [0.1, 0.15) is 16.7 Å². The summed E-state index contributed by atoms with van der Waals surface area (Å²) in [7, 11) is 7.76. The Labute approximate surface area is 161 Å². The Morgan fingerprint density at radius 3 is 2.52 bits per heavy atom. The summed E-state index contributed by atoms with van der Waals surface area (Å²) in [4.78, 5) is 26.9. The molecule has 1 aromatic carbocycles. The molecule has 0 spiro atoms. The second-order valence-corrected chi connectivity index (χ2v) is 7.30. The average molecular weight is 365 g/mol. The number of carbonyl (C=O) groups excluding carboxylic acids is 1. The van der Waals surface area contributed by atoms with Crippen LogP contribution in [0.3, 0.4) is 0 Å². The van der Waals surface area contributed by atoms with E-state index < -0.39 is 0 Å². The van der Waals surface area contributed by atoms with Crippen molar-refractivity contribution in [2.75, 3.05) is 39.6 Å². The van der Waals surface area contributed by atoms with Crippen LogP contribution in [0.25, 0.3) is 6.08 Å². The lowest BCUT2D eigenvalue weighted by molar-refractivity contribution is -0.125. The topological polar surface area (TPSA) is 52.6 Å². The highest BCUT2D eigenvalue weighted by atomic mass is 16.2. The molecule has 1 aliphatic rings. The van der Waals surface area contributed by atoms with E-state index in [1.807, 2.05) is 26.0 Å². The van der Waals surface area contributed by atoms with Crippen molar-refractivity contribution in [3.63, 3.8) is 0 Å². The first-order valence-corrected chi connectivity index (χ1v) is 9.13. The minimum Gasteiger partial charge on any atom is -0.347 e. The predicted molar refractivity (Wildman–Crippen MR) is 108 cm³/mol. The second-order valence-electron chi connectivity index (χ2n) is 7.30. The van der Waals surface area contributed by atoms with Crippen LogP contribution in [0.4, 0.5) is 5.95 Å². The number of anilines is 1. The van der Waals surface area contributed by atoms with E-state index in [1.54, 1.807) is 29.4 Å². The summed E-state index contributed by atoms with van der Waals surface area (Å²) in [6.07, 6.45) is 7.76. The number of fused-ring (bicyclic) bond motifs is 1. The van der Waals surface area contributed by atoms with Gasteiger partial charge < -0.3 is 9.80 Å². The number of hydrogen-bond acceptors (Lipinski definition) is 5. The molecule has 6 heteroatoms. The summed E-state index contributed by atoms with van der Waals surface area (Å²) < 4.78 is 0. The molecule has 0 radical (unpaired) electrons. The zero-order valence-electron chi connectivity index (χ0n) is 16.5. The lowest BCUT2D eigenvalue weighted by Gasteiger charge is -2.36. The molecule has 1 aromatic heterocycles. The molecule has 0 bridgehead atoms. The van der Waals surface area contributed by atoms with Gasteiger partial charge in [-0.25, -0.2) is 9.97 Å². The van der Waals surface area contributed by atoms with Crippen molar-refractivity contribution < 1.29 is 4.79 Å². The molecule has 1 amide bonds. The Balaban J connectivity index is 1.59. The van der Waals surface area contributed by atoms with Crippen LogP contribution in [-0.4, -0.2) is 66.5 Å². The molecular formula is C21H27N5O. The van der Waals surface area contributed by atoms with Crippen molar-refractivity contribution in [2.24, 2.45) is 0 Å². The predicted octanol–water partition coefficient (Wildman–Crippen LogP) is 2.07. The largest absolute Gasteiger partial charge is 0.347 e. The normalized spacial score (nSPS) is 17.0. The van der Waals surface area contributed by atoms with Crippen LogP contribution in [-0.2, 0) is 17.8 Å². The van der Waals surface area contributed by atoms with Gasteiger partial charge in [0.25, 0.3) is 0 Å². The summed E-state index contributed by atoms with van der Waals surface area (Å²) in [6.45, 7) is 1.62. The Hall–Kier alpha value is -2.73. The molecule has 1 aliphatic heterocycles. The minimum absolute atomic E-state index is 0.0149. The molecule has 1 unspecified atom stereocenters. The summed E-state index contributed by atoms with van der Waals surface area (Å²) in [6, 6.07) is 8.87.